The van der Waals surface area contributed by atoms with Crippen LogP contribution in [0.1, 0.15) is 19.3 Å². The average molecular weight is 284 g/mol. The fourth-order valence-corrected chi connectivity index (χ4v) is 2.04. The maximum atomic E-state index is 11.6. The largest absolute Gasteiger partial charge is 0.493 e. The van der Waals surface area contributed by atoms with E-state index in [1.165, 1.54) is 0 Å². The fourth-order valence-electron chi connectivity index (χ4n) is 1.91. The highest BCUT2D eigenvalue weighted by molar-refractivity contribution is 6.30. The fraction of sp³-hybridized carbons (Fsp3) is 0.500. The Morgan fingerprint density at radius 2 is 2.21 bits per heavy atom. The highest BCUT2D eigenvalue weighted by atomic mass is 35.5. The first-order valence-electron chi connectivity index (χ1n) is 6.51. The summed E-state index contributed by atoms with van der Waals surface area (Å²) in [5.74, 6) is 0.709. The van der Waals surface area contributed by atoms with E-state index in [-0.39, 0.29) is 12.0 Å². The number of rotatable bonds is 6. The normalized spacial score (nSPS) is 18.3. The summed E-state index contributed by atoms with van der Waals surface area (Å²) in [7, 11) is 0. The minimum absolute atomic E-state index is 0.00976. The molecule has 1 amide bonds. The van der Waals surface area contributed by atoms with E-state index in [1.807, 2.05) is 0 Å². The van der Waals surface area contributed by atoms with E-state index in [4.69, 9.17) is 21.1 Å². The predicted octanol–water partition coefficient (Wildman–Crippen LogP) is 2.40. The van der Waals surface area contributed by atoms with Gasteiger partial charge in [0.15, 0.2) is 0 Å². The number of hydrogen-bond donors (Lipinski definition) is 1. The van der Waals surface area contributed by atoms with Crippen LogP contribution < -0.4 is 10.1 Å². The second-order valence-corrected chi connectivity index (χ2v) is 4.93. The zero-order valence-electron chi connectivity index (χ0n) is 10.7. The van der Waals surface area contributed by atoms with Gasteiger partial charge in [-0.2, -0.15) is 0 Å². The van der Waals surface area contributed by atoms with Gasteiger partial charge in [0.2, 0.25) is 5.91 Å². The lowest BCUT2D eigenvalue weighted by Crippen LogP contribution is -2.32. The van der Waals surface area contributed by atoms with Crippen LogP contribution in [0.4, 0.5) is 0 Å². The Morgan fingerprint density at radius 1 is 1.42 bits per heavy atom. The van der Waals surface area contributed by atoms with Crippen molar-refractivity contribution >= 4 is 17.5 Å². The summed E-state index contributed by atoms with van der Waals surface area (Å²) >= 11 is 5.77. The molecule has 1 aliphatic rings. The molecule has 1 aromatic carbocycles. The Morgan fingerprint density at radius 3 is 2.89 bits per heavy atom. The molecule has 0 bridgehead atoms. The molecule has 1 aromatic rings. The van der Waals surface area contributed by atoms with Crippen molar-refractivity contribution in [1.29, 1.82) is 0 Å². The Kier molecular flexibility index (Phi) is 5.48. The Labute approximate surface area is 118 Å². The molecule has 2 rings (SSSR count). The van der Waals surface area contributed by atoms with Gasteiger partial charge in [-0.1, -0.05) is 11.6 Å². The van der Waals surface area contributed by atoms with Gasteiger partial charge in [0, 0.05) is 18.2 Å². The van der Waals surface area contributed by atoms with Crippen LogP contribution in [0, 0.1) is 0 Å². The summed E-state index contributed by atoms with van der Waals surface area (Å²) in [6.07, 6.45) is 2.64. The van der Waals surface area contributed by atoms with Crippen LogP contribution in [0.3, 0.4) is 0 Å². The maximum Gasteiger partial charge on any atom is 0.223 e. The number of benzene rings is 1. The number of carbonyl (C=O) groups is 1. The Hall–Kier alpha value is -1.26. The Bertz CT molecular complexity index is 402. The van der Waals surface area contributed by atoms with E-state index in [0.717, 1.165) is 25.2 Å². The van der Waals surface area contributed by atoms with Crippen LogP contribution in [-0.2, 0) is 9.53 Å². The lowest BCUT2D eigenvalue weighted by atomic mass is 10.2. The molecular weight excluding hydrogens is 266 g/mol. The van der Waals surface area contributed by atoms with E-state index < -0.39 is 0 Å². The van der Waals surface area contributed by atoms with Gasteiger partial charge in [-0.3, -0.25) is 4.79 Å². The van der Waals surface area contributed by atoms with Crippen LogP contribution in [0.5, 0.6) is 5.75 Å². The first kappa shape index (κ1) is 14.2. The van der Waals surface area contributed by atoms with Gasteiger partial charge in [0.25, 0.3) is 0 Å². The van der Waals surface area contributed by atoms with E-state index in [9.17, 15) is 4.79 Å². The van der Waals surface area contributed by atoms with Crippen molar-refractivity contribution < 1.29 is 14.3 Å². The standard InChI is InChI=1S/C14H18ClNO3/c15-11-3-5-12(6-4-11)19-9-7-14(17)16-10-13-2-1-8-18-13/h3-6,13H,1-2,7-10H2,(H,16,17). The van der Waals surface area contributed by atoms with Gasteiger partial charge in [-0.15, -0.1) is 0 Å². The van der Waals surface area contributed by atoms with E-state index in [2.05, 4.69) is 5.32 Å². The number of hydrogen-bond acceptors (Lipinski definition) is 3. The minimum atomic E-state index is -0.00976. The van der Waals surface area contributed by atoms with Gasteiger partial charge >= 0.3 is 0 Å². The van der Waals surface area contributed by atoms with Crippen molar-refractivity contribution in [3.63, 3.8) is 0 Å². The molecule has 1 aliphatic heterocycles. The molecule has 0 spiro atoms. The Balaban J connectivity index is 1.59. The number of nitrogens with one attached hydrogen (secondary N) is 1. The van der Waals surface area contributed by atoms with Crippen LogP contribution in [0.15, 0.2) is 24.3 Å². The molecule has 1 fully saturated rings. The lowest BCUT2D eigenvalue weighted by Gasteiger charge is -2.11. The van der Waals surface area contributed by atoms with Crippen LogP contribution in [-0.4, -0.2) is 31.8 Å². The summed E-state index contributed by atoms with van der Waals surface area (Å²) in [6.45, 7) is 1.76. The van der Waals surface area contributed by atoms with Gasteiger partial charge in [-0.25, -0.2) is 0 Å². The second kappa shape index (κ2) is 7.36. The van der Waals surface area contributed by atoms with E-state index >= 15 is 0 Å². The lowest BCUT2D eigenvalue weighted by molar-refractivity contribution is -0.122. The van der Waals surface area contributed by atoms with Crippen molar-refractivity contribution in [2.75, 3.05) is 19.8 Å². The summed E-state index contributed by atoms with van der Waals surface area (Å²) in [6, 6.07) is 7.09. The summed E-state index contributed by atoms with van der Waals surface area (Å²) < 4.78 is 10.9. The quantitative estimate of drug-likeness (QED) is 0.872. The van der Waals surface area contributed by atoms with Gasteiger partial charge in [0.1, 0.15) is 5.75 Å². The molecule has 0 saturated carbocycles. The molecular formula is C14H18ClNO3. The summed E-state index contributed by atoms with van der Waals surface area (Å²) in [5.41, 5.74) is 0. The molecule has 0 radical (unpaired) electrons. The molecule has 0 aliphatic carbocycles. The highest BCUT2D eigenvalue weighted by Crippen LogP contribution is 2.15. The zero-order valence-corrected chi connectivity index (χ0v) is 11.5. The van der Waals surface area contributed by atoms with Crippen molar-refractivity contribution in [2.45, 2.75) is 25.4 Å². The zero-order chi connectivity index (χ0) is 13.5. The smallest absolute Gasteiger partial charge is 0.223 e. The van der Waals surface area contributed by atoms with Crippen molar-refractivity contribution in [3.05, 3.63) is 29.3 Å². The SMILES string of the molecule is O=C(CCOc1ccc(Cl)cc1)NCC1CCCO1. The number of carbonyl (C=O) groups excluding carboxylic acids is 1. The monoisotopic (exact) mass is 283 g/mol. The van der Waals surface area contributed by atoms with Crippen molar-refractivity contribution in [3.8, 4) is 5.75 Å². The topological polar surface area (TPSA) is 47.6 Å². The molecule has 1 N–H and O–H groups in total. The van der Waals surface area contributed by atoms with Crippen molar-refractivity contribution in [1.82, 2.24) is 5.32 Å². The first-order valence-corrected chi connectivity index (χ1v) is 6.88. The van der Waals surface area contributed by atoms with Crippen LogP contribution >= 0.6 is 11.6 Å². The first-order chi connectivity index (χ1) is 9.24. The van der Waals surface area contributed by atoms with E-state index in [1.54, 1.807) is 24.3 Å². The predicted molar refractivity (Wildman–Crippen MR) is 73.5 cm³/mol. The van der Waals surface area contributed by atoms with E-state index in [0.29, 0.717) is 24.6 Å². The third-order valence-corrected chi connectivity index (χ3v) is 3.21. The van der Waals surface area contributed by atoms with Crippen LogP contribution in [0.2, 0.25) is 5.02 Å². The third kappa shape index (κ3) is 5.09. The molecule has 1 heterocycles. The molecule has 0 aromatic heterocycles. The van der Waals surface area contributed by atoms with Gasteiger partial charge < -0.3 is 14.8 Å². The van der Waals surface area contributed by atoms with Gasteiger partial charge in [-0.05, 0) is 37.1 Å². The molecule has 1 unspecified atom stereocenters. The number of amides is 1. The maximum absolute atomic E-state index is 11.6. The molecule has 19 heavy (non-hydrogen) atoms. The molecule has 104 valence electrons. The number of halogens is 1. The average Bonchev–Trinajstić information content (AvgIpc) is 2.92. The molecule has 1 atom stereocenters. The summed E-state index contributed by atoms with van der Waals surface area (Å²) in [4.78, 5) is 11.6. The second-order valence-electron chi connectivity index (χ2n) is 4.49. The molecule has 1 saturated heterocycles. The molecule has 4 nitrogen and oxygen atoms in total. The molecule has 5 heteroatoms. The van der Waals surface area contributed by atoms with Crippen molar-refractivity contribution in [2.24, 2.45) is 0 Å². The minimum Gasteiger partial charge on any atom is -0.493 e. The van der Waals surface area contributed by atoms with Gasteiger partial charge in [0.05, 0.1) is 19.1 Å². The third-order valence-electron chi connectivity index (χ3n) is 2.96. The number of ether oxygens (including phenoxy) is 2. The highest BCUT2D eigenvalue weighted by Gasteiger charge is 2.15. The summed E-state index contributed by atoms with van der Waals surface area (Å²) in [5, 5.41) is 3.52. The van der Waals surface area contributed by atoms with Crippen LogP contribution in [0.25, 0.3) is 0 Å².